The molecule has 0 radical (unpaired) electrons. The topological polar surface area (TPSA) is 78.9 Å². The molecule has 0 spiro atoms. The number of carbonyl (C=O) groups is 2. The van der Waals surface area contributed by atoms with Gasteiger partial charge in [-0.15, -0.1) is 11.8 Å². The number of aliphatic hydroxyl groups is 1. The molecule has 27 heavy (non-hydrogen) atoms. The van der Waals surface area contributed by atoms with Crippen LogP contribution in [0.2, 0.25) is 0 Å². The molecule has 3 atom stereocenters. The highest BCUT2D eigenvalue weighted by molar-refractivity contribution is 8.00. The largest absolute Gasteiger partial charge is 0.444 e. The highest BCUT2D eigenvalue weighted by Crippen LogP contribution is 2.29. The van der Waals surface area contributed by atoms with E-state index in [2.05, 4.69) is 5.32 Å². The molecule has 1 fully saturated rings. The lowest BCUT2D eigenvalue weighted by molar-refractivity contribution is -0.123. The number of thioether (sulfide) groups is 1. The quantitative estimate of drug-likeness (QED) is 0.737. The Morgan fingerprint density at radius 2 is 2.19 bits per heavy atom. The van der Waals surface area contributed by atoms with Gasteiger partial charge in [-0.3, -0.25) is 9.69 Å². The predicted octanol–water partition coefficient (Wildman–Crippen LogP) is 2.69. The smallest absolute Gasteiger partial charge is 0.411 e. The fourth-order valence-corrected chi connectivity index (χ4v) is 4.04. The zero-order valence-corrected chi connectivity index (χ0v) is 16.5. The average Bonchev–Trinajstić information content (AvgIpc) is 3.03. The lowest BCUT2D eigenvalue weighted by Crippen LogP contribution is -2.50. The van der Waals surface area contributed by atoms with Crippen LogP contribution in [0, 0.1) is 0 Å². The number of hydrogen-bond donors (Lipinski definition) is 2. The predicted molar refractivity (Wildman–Crippen MR) is 99.6 cm³/mol. The number of carbonyl (C=O) groups excluding carboxylic acids is 2. The first-order valence-electron chi connectivity index (χ1n) is 8.86. The molecule has 9 heteroatoms. The van der Waals surface area contributed by atoms with Crippen LogP contribution in [-0.4, -0.2) is 64.1 Å². The molecule has 2 rings (SSSR count). The molecule has 2 aliphatic rings. The van der Waals surface area contributed by atoms with Gasteiger partial charge >= 0.3 is 6.09 Å². The minimum Gasteiger partial charge on any atom is -0.444 e. The summed E-state index contributed by atoms with van der Waals surface area (Å²) in [5.41, 5.74) is -0.874. The fraction of sp³-hybridized carbons (Fsp3) is 0.667. The summed E-state index contributed by atoms with van der Waals surface area (Å²) in [7, 11) is 0. The van der Waals surface area contributed by atoms with Crippen molar-refractivity contribution in [1.29, 1.82) is 0 Å². The minimum absolute atomic E-state index is 0.0166. The third kappa shape index (κ3) is 5.68. The molecule has 1 aliphatic heterocycles. The van der Waals surface area contributed by atoms with Gasteiger partial charge in [0.2, 0.25) is 0 Å². The summed E-state index contributed by atoms with van der Waals surface area (Å²) in [6, 6.07) is -0.982. The van der Waals surface area contributed by atoms with E-state index in [-0.39, 0.29) is 25.0 Å². The van der Waals surface area contributed by atoms with Crippen LogP contribution in [0.1, 0.15) is 33.6 Å². The second-order valence-electron chi connectivity index (χ2n) is 7.38. The van der Waals surface area contributed by atoms with Crippen molar-refractivity contribution in [2.24, 2.45) is 0 Å². The van der Waals surface area contributed by atoms with Crippen molar-refractivity contribution >= 4 is 23.8 Å². The van der Waals surface area contributed by atoms with Crippen LogP contribution in [0.5, 0.6) is 0 Å². The molecule has 2 amide bonds. The van der Waals surface area contributed by atoms with Crippen LogP contribution in [0.15, 0.2) is 23.6 Å². The first-order chi connectivity index (χ1) is 12.6. The second kappa shape index (κ2) is 9.05. The maximum atomic E-state index is 14.2. The highest BCUT2D eigenvalue weighted by Gasteiger charge is 2.39. The summed E-state index contributed by atoms with van der Waals surface area (Å²) in [5, 5.41) is 11.0. The Balaban J connectivity index is 2.12. The van der Waals surface area contributed by atoms with Crippen molar-refractivity contribution in [2.45, 2.75) is 56.8 Å². The molecule has 1 heterocycles. The van der Waals surface area contributed by atoms with Crippen LogP contribution in [0.25, 0.3) is 0 Å². The van der Waals surface area contributed by atoms with Gasteiger partial charge in [0.1, 0.15) is 17.6 Å². The van der Waals surface area contributed by atoms with Crippen molar-refractivity contribution in [3.05, 3.63) is 23.6 Å². The number of halogens is 2. The summed E-state index contributed by atoms with van der Waals surface area (Å²) >= 11 is 1.25. The van der Waals surface area contributed by atoms with E-state index >= 15 is 0 Å². The Kier molecular flexibility index (Phi) is 7.27. The SMILES string of the molecule is CC(C)(C)OC(=O)N1CCS[C@H]1C(=O)N[C@@H](CCO)C1=C(F)C=CCC1F. The maximum absolute atomic E-state index is 14.2. The second-order valence-corrected chi connectivity index (χ2v) is 8.57. The Bertz CT molecular complexity index is 633. The van der Waals surface area contributed by atoms with Gasteiger partial charge in [0, 0.05) is 30.9 Å². The third-order valence-electron chi connectivity index (χ3n) is 4.07. The molecular weight excluding hydrogens is 378 g/mol. The zero-order valence-electron chi connectivity index (χ0n) is 15.7. The Morgan fingerprint density at radius 3 is 2.78 bits per heavy atom. The molecule has 1 unspecified atom stereocenters. The molecule has 6 nitrogen and oxygen atoms in total. The van der Waals surface area contributed by atoms with E-state index in [1.807, 2.05) is 0 Å². The highest BCUT2D eigenvalue weighted by atomic mass is 32.2. The van der Waals surface area contributed by atoms with E-state index in [0.717, 1.165) is 0 Å². The monoisotopic (exact) mass is 404 g/mol. The molecule has 0 aromatic carbocycles. The average molecular weight is 404 g/mol. The van der Waals surface area contributed by atoms with Crippen LogP contribution < -0.4 is 5.32 Å². The normalized spacial score (nSPS) is 24.1. The van der Waals surface area contributed by atoms with Crippen LogP contribution in [0.4, 0.5) is 13.6 Å². The van der Waals surface area contributed by atoms with E-state index in [1.165, 1.54) is 28.8 Å². The number of hydrogen-bond acceptors (Lipinski definition) is 5. The van der Waals surface area contributed by atoms with Crippen molar-refractivity contribution in [3.8, 4) is 0 Å². The van der Waals surface area contributed by atoms with Gasteiger partial charge in [0.25, 0.3) is 5.91 Å². The summed E-state index contributed by atoms with van der Waals surface area (Å²) in [6.07, 6.45) is 0.373. The molecule has 0 bridgehead atoms. The molecule has 2 N–H and O–H groups in total. The molecule has 1 aliphatic carbocycles. The van der Waals surface area contributed by atoms with Crippen LogP contribution in [0.3, 0.4) is 0 Å². The number of nitrogens with zero attached hydrogens (tertiary/aromatic N) is 1. The van der Waals surface area contributed by atoms with Crippen molar-refractivity contribution in [2.75, 3.05) is 18.9 Å². The zero-order chi connectivity index (χ0) is 20.2. The van der Waals surface area contributed by atoms with Gasteiger partial charge in [-0.05, 0) is 33.3 Å². The number of ether oxygens (including phenoxy) is 1. The molecule has 0 aromatic heterocycles. The first-order valence-corrected chi connectivity index (χ1v) is 9.91. The first kappa shape index (κ1) is 21.7. The third-order valence-corrected chi connectivity index (χ3v) is 5.28. The number of aliphatic hydroxyl groups excluding tert-OH is 1. The van der Waals surface area contributed by atoms with Gasteiger partial charge < -0.3 is 15.2 Å². The Morgan fingerprint density at radius 1 is 1.48 bits per heavy atom. The van der Waals surface area contributed by atoms with Gasteiger partial charge in [0.15, 0.2) is 5.37 Å². The summed E-state index contributed by atoms with van der Waals surface area (Å²) < 4.78 is 33.7. The van der Waals surface area contributed by atoms with Crippen molar-refractivity contribution < 1.29 is 28.2 Å². The van der Waals surface area contributed by atoms with E-state index < -0.39 is 41.0 Å². The van der Waals surface area contributed by atoms with Crippen LogP contribution in [-0.2, 0) is 9.53 Å². The van der Waals surface area contributed by atoms with Gasteiger partial charge in [-0.25, -0.2) is 13.6 Å². The number of allylic oxidation sites excluding steroid dienone is 3. The number of amides is 2. The number of nitrogens with one attached hydrogen (secondary N) is 1. The van der Waals surface area contributed by atoms with Crippen molar-refractivity contribution in [3.63, 3.8) is 0 Å². The van der Waals surface area contributed by atoms with E-state index in [4.69, 9.17) is 4.74 Å². The van der Waals surface area contributed by atoms with Crippen LogP contribution >= 0.6 is 11.8 Å². The summed E-state index contributed by atoms with van der Waals surface area (Å²) in [4.78, 5) is 26.3. The van der Waals surface area contributed by atoms with Gasteiger partial charge in [-0.1, -0.05) is 6.08 Å². The number of alkyl halides is 1. The number of rotatable bonds is 5. The summed E-state index contributed by atoms with van der Waals surface area (Å²) in [6.45, 7) is 5.19. The Labute approximate surface area is 162 Å². The molecule has 152 valence electrons. The summed E-state index contributed by atoms with van der Waals surface area (Å²) in [5.74, 6) is -0.729. The maximum Gasteiger partial charge on any atom is 0.411 e. The standard InChI is InChI=1S/C18H26F2N2O4S/c1-18(2,3)26-17(25)22-8-10-27-16(22)15(24)21-13(7-9-23)14-11(19)5-4-6-12(14)20/h4-5,12-13,16,23H,6-10H2,1-3H3,(H,21,24)/t12?,13-,16-/m0/s1. The Hall–Kier alpha value is -1.61. The van der Waals surface area contributed by atoms with Gasteiger partial charge in [-0.2, -0.15) is 0 Å². The van der Waals surface area contributed by atoms with E-state index in [1.54, 1.807) is 20.8 Å². The van der Waals surface area contributed by atoms with Crippen molar-refractivity contribution in [1.82, 2.24) is 10.2 Å². The molecule has 0 saturated carbocycles. The fourth-order valence-electron chi connectivity index (χ4n) is 2.92. The van der Waals surface area contributed by atoms with E-state index in [0.29, 0.717) is 12.3 Å². The molecular formula is C18H26F2N2O4S. The lowest BCUT2D eigenvalue weighted by Gasteiger charge is -2.30. The lowest BCUT2D eigenvalue weighted by atomic mass is 9.93. The minimum atomic E-state index is -1.56. The van der Waals surface area contributed by atoms with Gasteiger partial charge in [0.05, 0.1) is 6.04 Å². The molecule has 1 saturated heterocycles. The van der Waals surface area contributed by atoms with E-state index in [9.17, 15) is 23.5 Å². The molecule has 0 aromatic rings.